The molecule has 2 heteroatoms. The molecule has 1 aromatic carbocycles. The van der Waals surface area contributed by atoms with E-state index in [9.17, 15) is 0 Å². The van der Waals surface area contributed by atoms with Gasteiger partial charge in [0.1, 0.15) is 0 Å². The molecule has 0 radical (unpaired) electrons. The van der Waals surface area contributed by atoms with Gasteiger partial charge < -0.3 is 5.32 Å². The van der Waals surface area contributed by atoms with Crippen LogP contribution >= 0.6 is 12.4 Å². The maximum absolute atomic E-state index is 3.54. The zero-order chi connectivity index (χ0) is 8.23. The number of benzene rings is 1. The number of piperidine rings is 1. The van der Waals surface area contributed by atoms with E-state index >= 15 is 0 Å². The second kappa shape index (κ2) is 5.25. The maximum atomic E-state index is 3.54. The standard InChI is InChI=1S/C11H15N.ClH/c1-2-6-10(7-3-1)11-8-4-5-9-12-11;/h1-3,6-7,11-12H,4-5,8-9H2;1H/t11-;/m1./s1. The summed E-state index contributed by atoms with van der Waals surface area (Å²) in [6, 6.07) is 11.3. The van der Waals surface area contributed by atoms with E-state index in [0.29, 0.717) is 6.04 Å². The third-order valence-electron chi connectivity index (χ3n) is 2.51. The molecule has 0 spiro atoms. The van der Waals surface area contributed by atoms with Crippen molar-refractivity contribution in [1.82, 2.24) is 5.32 Å². The van der Waals surface area contributed by atoms with Gasteiger partial charge in [-0.15, -0.1) is 12.4 Å². The van der Waals surface area contributed by atoms with Gasteiger partial charge in [-0.25, -0.2) is 0 Å². The molecule has 72 valence electrons. The van der Waals surface area contributed by atoms with E-state index in [4.69, 9.17) is 0 Å². The summed E-state index contributed by atoms with van der Waals surface area (Å²) in [5.41, 5.74) is 1.44. The highest BCUT2D eigenvalue weighted by Crippen LogP contribution is 2.21. The highest BCUT2D eigenvalue weighted by molar-refractivity contribution is 5.85. The molecule has 1 aromatic rings. The lowest BCUT2D eigenvalue weighted by atomic mass is 9.98. The van der Waals surface area contributed by atoms with Crippen molar-refractivity contribution in [2.75, 3.05) is 6.54 Å². The summed E-state index contributed by atoms with van der Waals surface area (Å²) in [4.78, 5) is 0. The van der Waals surface area contributed by atoms with Crippen molar-refractivity contribution in [2.45, 2.75) is 25.3 Å². The fraction of sp³-hybridized carbons (Fsp3) is 0.455. The Hall–Kier alpha value is -0.530. The summed E-state index contributed by atoms with van der Waals surface area (Å²) >= 11 is 0. The van der Waals surface area contributed by atoms with E-state index in [1.165, 1.54) is 31.4 Å². The molecule has 1 saturated heterocycles. The Morgan fingerprint density at radius 1 is 1.08 bits per heavy atom. The van der Waals surface area contributed by atoms with Crippen LogP contribution in [0.4, 0.5) is 0 Å². The number of hydrogen-bond acceptors (Lipinski definition) is 1. The lowest BCUT2D eigenvalue weighted by molar-refractivity contribution is 0.412. The fourth-order valence-corrected chi connectivity index (χ4v) is 1.82. The van der Waals surface area contributed by atoms with Gasteiger partial charge in [-0.2, -0.15) is 0 Å². The highest BCUT2D eigenvalue weighted by atomic mass is 35.5. The van der Waals surface area contributed by atoms with Crippen LogP contribution in [0.5, 0.6) is 0 Å². The minimum Gasteiger partial charge on any atom is -0.310 e. The SMILES string of the molecule is Cl.c1ccc([C@H]2CCCCN2)cc1. The molecule has 1 N–H and O–H groups in total. The van der Waals surface area contributed by atoms with E-state index in [1.807, 2.05) is 0 Å². The van der Waals surface area contributed by atoms with Crippen LogP contribution in [0.25, 0.3) is 0 Å². The van der Waals surface area contributed by atoms with Gasteiger partial charge in [-0.1, -0.05) is 36.8 Å². The van der Waals surface area contributed by atoms with Gasteiger partial charge in [0, 0.05) is 6.04 Å². The summed E-state index contributed by atoms with van der Waals surface area (Å²) < 4.78 is 0. The van der Waals surface area contributed by atoms with E-state index < -0.39 is 0 Å². The number of halogens is 1. The van der Waals surface area contributed by atoms with E-state index in [1.54, 1.807) is 0 Å². The van der Waals surface area contributed by atoms with Crippen molar-refractivity contribution in [3.63, 3.8) is 0 Å². The third-order valence-corrected chi connectivity index (χ3v) is 2.51. The Balaban J connectivity index is 0.000000845. The van der Waals surface area contributed by atoms with Gasteiger partial charge in [-0.05, 0) is 24.9 Å². The monoisotopic (exact) mass is 197 g/mol. The minimum atomic E-state index is 0. The first-order chi connectivity index (χ1) is 5.97. The van der Waals surface area contributed by atoms with Gasteiger partial charge >= 0.3 is 0 Å². The maximum Gasteiger partial charge on any atom is 0.0320 e. The number of hydrogen-bond donors (Lipinski definition) is 1. The molecule has 1 aliphatic heterocycles. The van der Waals surface area contributed by atoms with Crippen LogP contribution in [-0.4, -0.2) is 6.54 Å². The average Bonchev–Trinajstić information content (AvgIpc) is 2.21. The van der Waals surface area contributed by atoms with Crippen LogP contribution in [0.1, 0.15) is 30.9 Å². The molecule has 13 heavy (non-hydrogen) atoms. The molecule has 1 heterocycles. The summed E-state index contributed by atoms with van der Waals surface area (Å²) in [5.74, 6) is 0. The Morgan fingerprint density at radius 2 is 1.85 bits per heavy atom. The quantitative estimate of drug-likeness (QED) is 0.730. The molecule has 2 rings (SSSR count). The normalized spacial score (nSPS) is 22.0. The van der Waals surface area contributed by atoms with Crippen molar-refractivity contribution < 1.29 is 0 Å². The van der Waals surface area contributed by atoms with Crippen molar-refractivity contribution >= 4 is 12.4 Å². The number of rotatable bonds is 1. The zero-order valence-electron chi connectivity index (χ0n) is 7.70. The van der Waals surface area contributed by atoms with Crippen molar-refractivity contribution in [2.24, 2.45) is 0 Å². The van der Waals surface area contributed by atoms with Gasteiger partial charge in [0.2, 0.25) is 0 Å². The van der Waals surface area contributed by atoms with Crippen molar-refractivity contribution in [1.29, 1.82) is 0 Å². The van der Waals surface area contributed by atoms with Crippen LogP contribution in [-0.2, 0) is 0 Å². The molecular formula is C11H16ClN. The molecule has 0 saturated carbocycles. The van der Waals surface area contributed by atoms with Crippen molar-refractivity contribution in [3.05, 3.63) is 35.9 Å². The van der Waals surface area contributed by atoms with E-state index in [2.05, 4.69) is 35.6 Å². The summed E-state index contributed by atoms with van der Waals surface area (Å²) in [6.45, 7) is 1.18. The minimum absolute atomic E-state index is 0. The molecule has 0 amide bonds. The van der Waals surface area contributed by atoms with Crippen LogP contribution < -0.4 is 5.32 Å². The van der Waals surface area contributed by atoms with Crippen LogP contribution in [0.15, 0.2) is 30.3 Å². The third kappa shape index (κ3) is 2.71. The molecular weight excluding hydrogens is 182 g/mol. The Bertz CT molecular complexity index is 229. The first-order valence-electron chi connectivity index (χ1n) is 4.75. The first kappa shape index (κ1) is 10.6. The van der Waals surface area contributed by atoms with E-state index in [-0.39, 0.29) is 12.4 Å². The number of nitrogens with one attached hydrogen (secondary N) is 1. The van der Waals surface area contributed by atoms with Crippen LogP contribution in [0.3, 0.4) is 0 Å². The molecule has 0 aliphatic carbocycles. The van der Waals surface area contributed by atoms with Gasteiger partial charge in [0.25, 0.3) is 0 Å². The van der Waals surface area contributed by atoms with Crippen LogP contribution in [0, 0.1) is 0 Å². The van der Waals surface area contributed by atoms with Gasteiger partial charge in [-0.3, -0.25) is 0 Å². The van der Waals surface area contributed by atoms with E-state index in [0.717, 1.165) is 0 Å². The Morgan fingerprint density at radius 3 is 2.46 bits per heavy atom. The fourth-order valence-electron chi connectivity index (χ4n) is 1.82. The molecule has 1 atom stereocenters. The Kier molecular flexibility index (Phi) is 4.26. The van der Waals surface area contributed by atoms with Crippen LogP contribution in [0.2, 0.25) is 0 Å². The summed E-state index contributed by atoms with van der Waals surface area (Å²) in [5, 5.41) is 3.54. The molecule has 1 fully saturated rings. The second-order valence-corrected chi connectivity index (χ2v) is 3.41. The van der Waals surface area contributed by atoms with Gasteiger partial charge in [0.15, 0.2) is 0 Å². The molecule has 0 unspecified atom stereocenters. The zero-order valence-corrected chi connectivity index (χ0v) is 8.52. The highest BCUT2D eigenvalue weighted by Gasteiger charge is 2.13. The molecule has 1 nitrogen and oxygen atoms in total. The predicted molar refractivity (Wildman–Crippen MR) is 58.3 cm³/mol. The second-order valence-electron chi connectivity index (χ2n) is 3.41. The molecule has 1 aliphatic rings. The molecule has 0 bridgehead atoms. The summed E-state index contributed by atoms with van der Waals surface area (Å²) in [6.07, 6.45) is 4.00. The molecule has 0 aromatic heterocycles. The lowest BCUT2D eigenvalue weighted by Crippen LogP contribution is -2.26. The smallest absolute Gasteiger partial charge is 0.0320 e. The van der Waals surface area contributed by atoms with Crippen molar-refractivity contribution in [3.8, 4) is 0 Å². The summed E-state index contributed by atoms with van der Waals surface area (Å²) in [7, 11) is 0. The lowest BCUT2D eigenvalue weighted by Gasteiger charge is -2.23. The Labute approximate surface area is 86.0 Å². The van der Waals surface area contributed by atoms with Gasteiger partial charge in [0.05, 0.1) is 0 Å². The largest absolute Gasteiger partial charge is 0.310 e. The predicted octanol–water partition coefficient (Wildman–Crippen LogP) is 2.92. The first-order valence-corrected chi connectivity index (χ1v) is 4.75. The average molecular weight is 198 g/mol. The topological polar surface area (TPSA) is 12.0 Å².